The number of nitrogens with one attached hydrogen (secondary N) is 1. The van der Waals surface area contributed by atoms with Gasteiger partial charge >= 0.3 is 0 Å². The molecule has 0 saturated carbocycles. The average molecular weight is 490 g/mol. The fourth-order valence-corrected chi connectivity index (χ4v) is 5.33. The number of anilines is 2. The number of thiophene rings is 1. The molecule has 1 saturated heterocycles. The molecule has 7 nitrogen and oxygen atoms in total. The highest BCUT2D eigenvalue weighted by Gasteiger charge is 2.22. The Hall–Kier alpha value is -3.23. The number of methoxy groups -OCH3 is 1. The lowest BCUT2D eigenvalue weighted by Crippen LogP contribution is -2.29. The Kier molecular flexibility index (Phi) is 6.83. The van der Waals surface area contributed by atoms with Gasteiger partial charge in [0.25, 0.3) is 0 Å². The van der Waals surface area contributed by atoms with Crippen LogP contribution in [-0.4, -0.2) is 53.2 Å². The molecule has 1 aromatic carbocycles. The number of piperidine rings is 1. The molecular weight excluding hydrogens is 458 g/mol. The van der Waals surface area contributed by atoms with E-state index in [2.05, 4.69) is 39.8 Å². The highest BCUT2D eigenvalue weighted by molar-refractivity contribution is 7.17. The molecular formula is C27H31N5O2S. The summed E-state index contributed by atoms with van der Waals surface area (Å²) in [5.74, 6) is 2.38. The van der Waals surface area contributed by atoms with E-state index in [0.717, 1.165) is 64.4 Å². The van der Waals surface area contributed by atoms with E-state index in [1.165, 1.54) is 0 Å². The molecule has 0 aliphatic carbocycles. The van der Waals surface area contributed by atoms with Crippen LogP contribution in [-0.2, 0) is 0 Å². The zero-order valence-electron chi connectivity index (χ0n) is 20.6. The monoisotopic (exact) mass is 489 g/mol. The fraction of sp³-hybridized carbons (Fsp3) is 0.370. The number of benzene rings is 1. The highest BCUT2D eigenvalue weighted by Crippen LogP contribution is 2.38. The summed E-state index contributed by atoms with van der Waals surface area (Å²) in [4.78, 5) is 16.7. The van der Waals surface area contributed by atoms with E-state index in [0.29, 0.717) is 17.7 Å². The maximum Gasteiger partial charge on any atom is 0.238 e. The Morgan fingerprint density at radius 3 is 2.63 bits per heavy atom. The molecule has 35 heavy (non-hydrogen) atoms. The van der Waals surface area contributed by atoms with Crippen LogP contribution >= 0.6 is 11.3 Å². The van der Waals surface area contributed by atoms with Crippen molar-refractivity contribution >= 4 is 33.2 Å². The van der Waals surface area contributed by atoms with Crippen LogP contribution in [0.1, 0.15) is 38.3 Å². The van der Waals surface area contributed by atoms with Crippen LogP contribution in [0.4, 0.5) is 11.6 Å². The van der Waals surface area contributed by atoms with Crippen molar-refractivity contribution in [2.75, 3.05) is 32.6 Å². The zero-order chi connectivity index (χ0) is 24.4. The minimum absolute atomic E-state index is 0.00760. The second kappa shape index (κ2) is 10.2. The Morgan fingerprint density at radius 1 is 1.06 bits per heavy atom. The molecule has 0 bridgehead atoms. The Morgan fingerprint density at radius 2 is 1.86 bits per heavy atom. The van der Waals surface area contributed by atoms with Crippen molar-refractivity contribution in [3.05, 3.63) is 53.7 Å². The number of pyridine rings is 1. The third kappa shape index (κ3) is 5.09. The van der Waals surface area contributed by atoms with Crippen LogP contribution < -0.4 is 14.8 Å². The molecule has 3 aromatic heterocycles. The van der Waals surface area contributed by atoms with Gasteiger partial charge in [-0.1, -0.05) is 18.2 Å². The number of ether oxygens (including phenoxy) is 2. The molecule has 1 fully saturated rings. The molecule has 0 unspecified atom stereocenters. The molecule has 1 aliphatic rings. The van der Waals surface area contributed by atoms with Gasteiger partial charge in [0.1, 0.15) is 11.4 Å². The van der Waals surface area contributed by atoms with Crippen molar-refractivity contribution < 1.29 is 9.47 Å². The largest absolute Gasteiger partial charge is 0.496 e. The summed E-state index contributed by atoms with van der Waals surface area (Å²) in [5.41, 5.74) is 4.79. The van der Waals surface area contributed by atoms with Crippen molar-refractivity contribution in [2.45, 2.75) is 38.7 Å². The smallest absolute Gasteiger partial charge is 0.238 e. The van der Waals surface area contributed by atoms with Gasteiger partial charge in [-0.25, -0.2) is 15.0 Å². The van der Waals surface area contributed by atoms with Gasteiger partial charge in [-0.2, -0.15) is 0 Å². The fourth-order valence-electron chi connectivity index (χ4n) is 4.46. The van der Waals surface area contributed by atoms with E-state index in [1.54, 1.807) is 18.4 Å². The summed E-state index contributed by atoms with van der Waals surface area (Å²) in [5, 5.41) is 5.46. The summed E-state index contributed by atoms with van der Waals surface area (Å²) >= 11 is 1.62. The second-order valence-electron chi connectivity index (χ2n) is 9.21. The predicted octanol–water partition coefficient (Wildman–Crippen LogP) is 6.10. The normalized spacial score (nSPS) is 15.0. The van der Waals surface area contributed by atoms with E-state index in [1.807, 2.05) is 44.3 Å². The van der Waals surface area contributed by atoms with Crippen LogP contribution in [0, 0.1) is 0 Å². The first kappa shape index (κ1) is 23.5. The summed E-state index contributed by atoms with van der Waals surface area (Å²) in [6.45, 7) is 6.22. The first-order chi connectivity index (χ1) is 17.0. The van der Waals surface area contributed by atoms with Gasteiger partial charge in [0.15, 0.2) is 0 Å². The van der Waals surface area contributed by atoms with Gasteiger partial charge in [-0.3, -0.25) is 0 Å². The van der Waals surface area contributed by atoms with Crippen molar-refractivity contribution in [3.63, 3.8) is 0 Å². The quantitative estimate of drug-likeness (QED) is 0.336. The third-order valence-electron chi connectivity index (χ3n) is 6.32. The summed E-state index contributed by atoms with van der Waals surface area (Å²) in [6.07, 6.45) is 4.09. The number of aromatic nitrogens is 3. The van der Waals surface area contributed by atoms with Crippen LogP contribution in [0.15, 0.2) is 48.0 Å². The summed E-state index contributed by atoms with van der Waals surface area (Å²) < 4.78 is 12.7. The van der Waals surface area contributed by atoms with Crippen molar-refractivity contribution in [2.24, 2.45) is 0 Å². The number of rotatable bonds is 7. The SMILES string of the molecule is COc1ccccc1-c1csc2cnc(Nc3ccc(C4CCN(C)CC4)nc3OC(C)C)nc12. The van der Waals surface area contributed by atoms with Gasteiger partial charge in [-0.05, 0) is 65.0 Å². The van der Waals surface area contributed by atoms with Gasteiger partial charge in [-0.15, -0.1) is 11.3 Å². The molecule has 0 spiro atoms. The average Bonchev–Trinajstić information content (AvgIpc) is 3.28. The van der Waals surface area contributed by atoms with Crippen molar-refractivity contribution in [1.29, 1.82) is 0 Å². The van der Waals surface area contributed by atoms with Crippen molar-refractivity contribution in [3.8, 4) is 22.8 Å². The van der Waals surface area contributed by atoms with E-state index < -0.39 is 0 Å². The van der Waals surface area contributed by atoms with Crippen LogP contribution in [0.25, 0.3) is 21.3 Å². The zero-order valence-corrected chi connectivity index (χ0v) is 21.4. The first-order valence-corrected chi connectivity index (χ1v) is 12.9. The third-order valence-corrected chi connectivity index (χ3v) is 7.23. The lowest BCUT2D eigenvalue weighted by molar-refractivity contribution is 0.229. The molecule has 4 aromatic rings. The van der Waals surface area contributed by atoms with Gasteiger partial charge < -0.3 is 19.7 Å². The summed E-state index contributed by atoms with van der Waals surface area (Å²) in [6, 6.07) is 12.1. The molecule has 182 valence electrons. The van der Waals surface area contributed by atoms with E-state index >= 15 is 0 Å². The second-order valence-corrected chi connectivity index (χ2v) is 10.1. The standard InChI is InChI=1S/C27H31N5O2S/c1-17(2)34-26-22(10-9-21(29-26)18-11-13-32(3)14-12-18)30-27-28-15-24-25(31-27)20(16-35-24)19-7-5-6-8-23(19)33-4/h5-10,15-18H,11-14H2,1-4H3,(H,28,30,31). The molecule has 0 amide bonds. The van der Waals surface area contributed by atoms with Crippen LogP contribution in [0.2, 0.25) is 0 Å². The first-order valence-electron chi connectivity index (χ1n) is 12.0. The number of para-hydroxylation sites is 1. The van der Waals surface area contributed by atoms with Crippen LogP contribution in [0.5, 0.6) is 11.6 Å². The molecule has 1 aliphatic heterocycles. The van der Waals surface area contributed by atoms with E-state index in [4.69, 9.17) is 19.4 Å². The topological polar surface area (TPSA) is 72.4 Å². The summed E-state index contributed by atoms with van der Waals surface area (Å²) in [7, 11) is 3.86. The molecule has 4 heterocycles. The van der Waals surface area contributed by atoms with Crippen molar-refractivity contribution in [1.82, 2.24) is 19.9 Å². The number of nitrogens with zero attached hydrogens (tertiary/aromatic N) is 4. The minimum atomic E-state index is 0.00760. The molecule has 0 atom stereocenters. The van der Waals surface area contributed by atoms with Crippen LogP contribution in [0.3, 0.4) is 0 Å². The molecule has 1 N–H and O–H groups in total. The highest BCUT2D eigenvalue weighted by atomic mass is 32.1. The Labute approximate surface area is 210 Å². The van der Waals surface area contributed by atoms with Gasteiger partial charge in [0.2, 0.25) is 11.8 Å². The Balaban J connectivity index is 1.47. The predicted molar refractivity (Wildman–Crippen MR) is 142 cm³/mol. The number of hydrogen-bond donors (Lipinski definition) is 1. The van der Waals surface area contributed by atoms with Gasteiger partial charge in [0.05, 0.1) is 29.6 Å². The maximum absolute atomic E-state index is 6.11. The number of fused-ring (bicyclic) bond motifs is 1. The number of hydrogen-bond acceptors (Lipinski definition) is 8. The maximum atomic E-state index is 6.11. The minimum Gasteiger partial charge on any atom is -0.496 e. The lowest BCUT2D eigenvalue weighted by Gasteiger charge is -2.29. The van der Waals surface area contributed by atoms with E-state index in [-0.39, 0.29) is 6.10 Å². The molecule has 5 rings (SSSR count). The Bertz CT molecular complexity index is 1310. The van der Waals surface area contributed by atoms with Gasteiger partial charge in [0, 0.05) is 28.1 Å². The lowest BCUT2D eigenvalue weighted by atomic mass is 9.93. The molecule has 8 heteroatoms. The van der Waals surface area contributed by atoms with E-state index in [9.17, 15) is 0 Å². The molecule has 0 radical (unpaired) electrons. The number of likely N-dealkylation sites (tertiary alicyclic amines) is 1.